The Kier molecular flexibility index (Phi) is 3.16. The van der Waals surface area contributed by atoms with Gasteiger partial charge in [0.05, 0.1) is 0 Å². The molecule has 0 N–H and O–H groups in total. The molecule has 1 heterocycles. The van der Waals surface area contributed by atoms with Crippen LogP contribution in [0.1, 0.15) is 41.8 Å². The van der Waals surface area contributed by atoms with Crippen LogP contribution in [0.15, 0.2) is 36.4 Å². The molecule has 2 heteroatoms. The zero-order chi connectivity index (χ0) is 14.6. The number of nitrogens with zero attached hydrogens (tertiary/aromatic N) is 1. The molecule has 2 fully saturated rings. The molecule has 0 aromatic heterocycles. The summed E-state index contributed by atoms with van der Waals surface area (Å²) in [5.41, 5.74) is 4.06. The molecule has 1 aromatic carbocycles. The number of fused-ring (bicyclic) bond motifs is 2. The molecule has 4 rings (SSSR count). The number of benzene rings is 1. The van der Waals surface area contributed by atoms with Crippen LogP contribution < -0.4 is 0 Å². The summed E-state index contributed by atoms with van der Waals surface area (Å²) in [6, 6.07) is 9.67. The Hall–Kier alpha value is -0.863. The van der Waals surface area contributed by atoms with Crippen molar-refractivity contribution in [1.82, 2.24) is 4.57 Å². The summed E-state index contributed by atoms with van der Waals surface area (Å²) in [4.78, 5) is 0. The average Bonchev–Trinajstić information content (AvgIpc) is 3.15. The van der Waals surface area contributed by atoms with Gasteiger partial charge in [0.2, 0.25) is 0 Å². The standard InChI is InChI=1S/C19H27NSi/c1-20-10-9-19(21(20,2)3)17-6-4-5-15(13-17)18-12-14-7-8-16(18)11-14/h4-8,13-14,16,18-19H,9-12H2,1-3H3/q-1. The maximum absolute atomic E-state index is 2.66. The fraction of sp³-hybridized carbons (Fsp3) is 0.579. The second-order valence-electron chi connectivity index (χ2n) is 7.97. The summed E-state index contributed by atoms with van der Waals surface area (Å²) >= 11 is 0. The van der Waals surface area contributed by atoms with Gasteiger partial charge in [0.25, 0.3) is 0 Å². The summed E-state index contributed by atoms with van der Waals surface area (Å²) in [7, 11) is 1.06. The van der Waals surface area contributed by atoms with E-state index in [1.807, 2.05) is 0 Å². The van der Waals surface area contributed by atoms with E-state index in [-0.39, 0.29) is 0 Å². The monoisotopic (exact) mass is 297 g/mol. The van der Waals surface area contributed by atoms with E-state index in [2.05, 4.69) is 61.1 Å². The highest BCUT2D eigenvalue weighted by Gasteiger charge is 2.37. The molecular formula is C19H27NSi-. The molecule has 4 unspecified atom stereocenters. The van der Waals surface area contributed by atoms with Crippen LogP contribution in [0.4, 0.5) is 0 Å². The number of rotatable bonds is 2. The average molecular weight is 298 g/mol. The molecule has 0 amide bonds. The molecule has 0 radical (unpaired) electrons. The van der Waals surface area contributed by atoms with Gasteiger partial charge in [0.15, 0.2) is 0 Å². The Morgan fingerprint density at radius 2 is 1.90 bits per heavy atom. The third kappa shape index (κ3) is 2.15. The summed E-state index contributed by atoms with van der Waals surface area (Å²) in [5.74, 6) is 2.48. The van der Waals surface area contributed by atoms with Crippen molar-refractivity contribution in [2.24, 2.45) is 11.8 Å². The lowest BCUT2D eigenvalue weighted by molar-refractivity contribution is 0.552. The van der Waals surface area contributed by atoms with Crippen LogP contribution in [0.25, 0.3) is 0 Å². The van der Waals surface area contributed by atoms with Crippen LogP contribution in [-0.2, 0) is 0 Å². The molecule has 4 atom stereocenters. The minimum Gasteiger partial charge on any atom is -0.454 e. The summed E-state index contributed by atoms with van der Waals surface area (Å²) < 4.78 is 2.66. The zero-order valence-corrected chi connectivity index (χ0v) is 14.5. The zero-order valence-electron chi connectivity index (χ0n) is 13.5. The molecular weight excluding hydrogens is 270 g/mol. The fourth-order valence-electron chi connectivity index (χ4n) is 4.98. The molecule has 21 heavy (non-hydrogen) atoms. The summed E-state index contributed by atoms with van der Waals surface area (Å²) in [5, 5.41) is 0. The van der Waals surface area contributed by atoms with Crippen molar-refractivity contribution in [2.45, 2.75) is 43.8 Å². The maximum atomic E-state index is 2.66. The molecule has 1 nitrogen and oxygen atoms in total. The highest BCUT2D eigenvalue weighted by Crippen LogP contribution is 2.49. The Morgan fingerprint density at radius 1 is 1.10 bits per heavy atom. The Balaban J connectivity index is 1.63. The van der Waals surface area contributed by atoms with Gasteiger partial charge in [-0.1, -0.05) is 56.6 Å². The predicted octanol–water partition coefficient (Wildman–Crippen LogP) is 4.53. The first kappa shape index (κ1) is 13.8. The van der Waals surface area contributed by atoms with E-state index >= 15 is 0 Å². The van der Waals surface area contributed by atoms with Crippen molar-refractivity contribution >= 4 is 8.24 Å². The highest BCUT2D eigenvalue weighted by atomic mass is 28.3. The Bertz CT molecular complexity index is 577. The first-order valence-corrected chi connectivity index (χ1v) is 11.6. The van der Waals surface area contributed by atoms with Crippen LogP contribution in [0.3, 0.4) is 0 Å². The largest absolute Gasteiger partial charge is 0.454 e. The van der Waals surface area contributed by atoms with E-state index in [0.717, 1.165) is 23.3 Å². The molecule has 113 valence electrons. The topological polar surface area (TPSA) is 3.24 Å². The van der Waals surface area contributed by atoms with E-state index in [0.29, 0.717) is 0 Å². The summed E-state index contributed by atoms with van der Waals surface area (Å²) in [6.07, 6.45) is 9.08. The molecule has 2 aliphatic carbocycles. The molecule has 1 saturated carbocycles. The van der Waals surface area contributed by atoms with Gasteiger partial charge in [0, 0.05) is 0 Å². The van der Waals surface area contributed by atoms with E-state index in [1.54, 1.807) is 11.1 Å². The van der Waals surface area contributed by atoms with Gasteiger partial charge >= 0.3 is 0 Å². The third-order valence-electron chi connectivity index (χ3n) is 6.61. The maximum Gasteiger partial charge on any atom is -0.00931 e. The fourth-order valence-corrected chi connectivity index (χ4v) is 8.04. The van der Waals surface area contributed by atoms with Gasteiger partial charge in [-0.05, 0) is 49.8 Å². The third-order valence-corrected chi connectivity index (χ3v) is 11.1. The van der Waals surface area contributed by atoms with E-state index in [1.165, 1.54) is 25.8 Å². The lowest BCUT2D eigenvalue weighted by atomic mass is 9.86. The number of allylic oxidation sites excluding steroid dienone is 2. The second kappa shape index (κ2) is 4.82. The normalized spacial score (nSPS) is 37.5. The van der Waals surface area contributed by atoms with Crippen molar-refractivity contribution in [3.8, 4) is 0 Å². The second-order valence-corrected chi connectivity index (χ2v) is 12.7. The molecule has 1 aromatic rings. The quantitative estimate of drug-likeness (QED) is 0.572. The van der Waals surface area contributed by atoms with Gasteiger partial charge in [-0.15, -0.1) is 5.54 Å². The van der Waals surface area contributed by atoms with Crippen molar-refractivity contribution in [3.63, 3.8) is 0 Å². The molecule has 1 aliphatic heterocycles. The first-order chi connectivity index (χ1) is 10.1. The summed E-state index contributed by atoms with van der Waals surface area (Å²) in [6.45, 7) is 6.36. The smallest absolute Gasteiger partial charge is 0.00931 e. The van der Waals surface area contributed by atoms with Gasteiger partial charge in [0.1, 0.15) is 0 Å². The molecule has 0 spiro atoms. The SMILES string of the molecule is CN1CCC(c2cccc(C3CC4C=CC3C4)c2)[Si-]1(C)C. The minimum atomic E-state index is -1.27. The van der Waals surface area contributed by atoms with E-state index in [4.69, 9.17) is 0 Å². The van der Waals surface area contributed by atoms with Crippen LogP contribution >= 0.6 is 0 Å². The number of hydrogen-bond acceptors (Lipinski definition) is 1. The van der Waals surface area contributed by atoms with Gasteiger partial charge < -0.3 is 4.57 Å². The molecule has 1 saturated heterocycles. The van der Waals surface area contributed by atoms with Gasteiger partial charge in [-0.2, -0.15) is 13.1 Å². The molecule has 2 bridgehead atoms. The predicted molar refractivity (Wildman–Crippen MR) is 92.0 cm³/mol. The lowest BCUT2D eigenvalue weighted by Crippen LogP contribution is -2.44. The van der Waals surface area contributed by atoms with Crippen molar-refractivity contribution < 1.29 is 0 Å². The first-order valence-electron chi connectivity index (χ1n) is 8.55. The highest BCUT2D eigenvalue weighted by molar-refractivity contribution is 6.76. The van der Waals surface area contributed by atoms with Crippen LogP contribution in [0.5, 0.6) is 0 Å². The van der Waals surface area contributed by atoms with Crippen LogP contribution in [0.2, 0.25) is 13.1 Å². The van der Waals surface area contributed by atoms with Crippen LogP contribution in [0, 0.1) is 11.8 Å². The van der Waals surface area contributed by atoms with Crippen LogP contribution in [-0.4, -0.2) is 26.4 Å². The number of hydrogen-bond donors (Lipinski definition) is 0. The Labute approximate surface area is 130 Å². The molecule has 3 aliphatic rings. The van der Waals surface area contributed by atoms with Crippen molar-refractivity contribution in [1.29, 1.82) is 0 Å². The van der Waals surface area contributed by atoms with E-state index in [9.17, 15) is 0 Å². The van der Waals surface area contributed by atoms with E-state index < -0.39 is 8.24 Å². The lowest BCUT2D eigenvalue weighted by Gasteiger charge is -2.43. The van der Waals surface area contributed by atoms with Gasteiger partial charge in [-0.3, -0.25) is 0 Å². The van der Waals surface area contributed by atoms with Crippen molar-refractivity contribution in [3.05, 3.63) is 47.5 Å². The van der Waals surface area contributed by atoms with Crippen molar-refractivity contribution in [2.75, 3.05) is 13.6 Å². The van der Waals surface area contributed by atoms with Gasteiger partial charge in [-0.25, -0.2) is 0 Å². The Morgan fingerprint density at radius 3 is 2.52 bits per heavy atom. The minimum absolute atomic E-state index is 0.795.